The van der Waals surface area contributed by atoms with Crippen LogP contribution in [-0.2, 0) is 9.59 Å². The van der Waals surface area contributed by atoms with Gasteiger partial charge in [0.1, 0.15) is 11.5 Å². The van der Waals surface area contributed by atoms with Crippen molar-refractivity contribution in [2.45, 2.75) is 26.7 Å². The standard InChI is InChI=1S/C19H17FN4O3S/c1-3-15(25)21-19-22-18(27)14(28-19)9-12-10-24(16(26)4-2)23-17(12)11-5-7-13(20)8-6-11/h5-10H,3-4H2,1-2H3,(H,21,22,25,27)/b14-9-. The number of amidine groups is 1. The van der Waals surface area contributed by atoms with Crippen molar-refractivity contribution < 1.29 is 18.8 Å². The molecule has 1 aromatic carbocycles. The second-order valence-electron chi connectivity index (χ2n) is 5.87. The molecule has 0 atom stereocenters. The number of nitrogens with zero attached hydrogens (tertiary/aromatic N) is 3. The van der Waals surface area contributed by atoms with Gasteiger partial charge in [-0.1, -0.05) is 13.8 Å². The summed E-state index contributed by atoms with van der Waals surface area (Å²) in [4.78, 5) is 39.8. The zero-order valence-electron chi connectivity index (χ0n) is 15.2. The molecule has 0 fully saturated rings. The fourth-order valence-electron chi connectivity index (χ4n) is 2.43. The van der Waals surface area contributed by atoms with E-state index >= 15 is 0 Å². The maximum atomic E-state index is 13.3. The van der Waals surface area contributed by atoms with Crippen molar-refractivity contribution in [1.82, 2.24) is 15.1 Å². The third-order valence-corrected chi connectivity index (χ3v) is 4.79. The minimum Gasteiger partial charge on any atom is -0.305 e. The van der Waals surface area contributed by atoms with Crippen LogP contribution in [-0.4, -0.2) is 32.7 Å². The van der Waals surface area contributed by atoms with Crippen LogP contribution in [0.3, 0.4) is 0 Å². The van der Waals surface area contributed by atoms with Crippen LogP contribution in [0.2, 0.25) is 0 Å². The fraction of sp³-hybridized carbons (Fsp3) is 0.211. The Labute approximate surface area is 164 Å². The van der Waals surface area contributed by atoms with E-state index in [1.165, 1.54) is 23.0 Å². The first kappa shape index (κ1) is 19.7. The molecule has 3 rings (SSSR count). The van der Waals surface area contributed by atoms with E-state index in [0.717, 1.165) is 11.8 Å². The number of halogens is 1. The fourth-order valence-corrected chi connectivity index (χ4v) is 3.25. The van der Waals surface area contributed by atoms with Gasteiger partial charge in [-0.05, 0) is 42.1 Å². The van der Waals surface area contributed by atoms with Gasteiger partial charge in [0.25, 0.3) is 5.91 Å². The average Bonchev–Trinajstić information content (AvgIpc) is 3.25. The molecular weight excluding hydrogens is 383 g/mol. The molecule has 0 saturated carbocycles. The Bertz CT molecular complexity index is 1010. The van der Waals surface area contributed by atoms with Gasteiger partial charge < -0.3 is 5.32 Å². The molecule has 9 heteroatoms. The summed E-state index contributed by atoms with van der Waals surface area (Å²) in [5, 5.41) is 7.07. The van der Waals surface area contributed by atoms with Gasteiger partial charge in [0.05, 0.1) is 4.91 Å². The van der Waals surface area contributed by atoms with Crippen molar-refractivity contribution in [3.63, 3.8) is 0 Å². The average molecular weight is 400 g/mol. The van der Waals surface area contributed by atoms with Gasteiger partial charge in [-0.25, -0.2) is 9.07 Å². The molecule has 0 spiro atoms. The molecular formula is C19H17FN4O3S. The number of aromatic nitrogens is 2. The summed E-state index contributed by atoms with van der Waals surface area (Å²) in [5.41, 5.74) is 1.56. The molecule has 28 heavy (non-hydrogen) atoms. The highest BCUT2D eigenvalue weighted by Gasteiger charge is 2.24. The predicted molar refractivity (Wildman–Crippen MR) is 105 cm³/mol. The molecule has 7 nitrogen and oxygen atoms in total. The van der Waals surface area contributed by atoms with Gasteiger partial charge in [-0.15, -0.1) is 0 Å². The molecule has 2 amide bonds. The van der Waals surface area contributed by atoms with E-state index in [9.17, 15) is 18.8 Å². The minimum atomic E-state index is -0.490. The Morgan fingerprint density at radius 1 is 1.21 bits per heavy atom. The molecule has 1 N–H and O–H groups in total. The van der Waals surface area contributed by atoms with Crippen molar-refractivity contribution in [2.24, 2.45) is 4.99 Å². The zero-order chi connectivity index (χ0) is 20.3. The van der Waals surface area contributed by atoms with E-state index in [2.05, 4.69) is 15.4 Å². The topological polar surface area (TPSA) is 93.4 Å². The largest absolute Gasteiger partial charge is 0.305 e. The first-order chi connectivity index (χ1) is 13.4. The van der Waals surface area contributed by atoms with Crippen molar-refractivity contribution in [3.8, 4) is 11.3 Å². The molecule has 0 saturated heterocycles. The van der Waals surface area contributed by atoms with Crippen molar-refractivity contribution in [3.05, 3.63) is 46.7 Å². The van der Waals surface area contributed by atoms with Crippen LogP contribution in [0.15, 0.2) is 40.4 Å². The summed E-state index contributed by atoms with van der Waals surface area (Å²) in [6, 6.07) is 5.69. The summed E-state index contributed by atoms with van der Waals surface area (Å²) in [6.07, 6.45) is 3.61. The predicted octanol–water partition coefficient (Wildman–Crippen LogP) is 3.24. The Morgan fingerprint density at radius 3 is 2.57 bits per heavy atom. The van der Waals surface area contributed by atoms with Crippen molar-refractivity contribution >= 4 is 40.7 Å². The van der Waals surface area contributed by atoms with Crippen LogP contribution in [0.25, 0.3) is 17.3 Å². The van der Waals surface area contributed by atoms with Gasteiger partial charge in [0.2, 0.25) is 11.8 Å². The molecule has 2 heterocycles. The minimum absolute atomic E-state index is 0.212. The summed E-state index contributed by atoms with van der Waals surface area (Å²) < 4.78 is 14.5. The monoisotopic (exact) mass is 400 g/mol. The highest BCUT2D eigenvalue weighted by atomic mass is 32.2. The SMILES string of the molecule is CCC(=O)NC1=NC(=O)/C(=C/c2cn(C(=O)CC)nc2-c2ccc(F)cc2)S1. The maximum Gasteiger partial charge on any atom is 0.286 e. The second kappa shape index (κ2) is 8.30. The number of thioether (sulfide) groups is 1. The molecule has 144 valence electrons. The van der Waals surface area contributed by atoms with E-state index in [1.807, 2.05) is 0 Å². The highest BCUT2D eigenvalue weighted by molar-refractivity contribution is 8.18. The smallest absolute Gasteiger partial charge is 0.286 e. The quantitative estimate of drug-likeness (QED) is 0.796. The molecule has 0 radical (unpaired) electrons. The second-order valence-corrected chi connectivity index (χ2v) is 6.90. The summed E-state index contributed by atoms with van der Waals surface area (Å²) in [5.74, 6) is -1.34. The lowest BCUT2D eigenvalue weighted by Crippen LogP contribution is -2.26. The van der Waals surface area contributed by atoms with Crippen LogP contribution in [0.4, 0.5) is 4.39 Å². The number of carbonyl (C=O) groups is 3. The third kappa shape index (κ3) is 4.25. The number of hydrogen-bond acceptors (Lipinski definition) is 5. The first-order valence-corrected chi connectivity index (χ1v) is 9.44. The molecule has 2 aromatic rings. The van der Waals surface area contributed by atoms with Crippen LogP contribution in [0.1, 0.15) is 37.0 Å². The zero-order valence-corrected chi connectivity index (χ0v) is 16.0. The van der Waals surface area contributed by atoms with Gasteiger partial charge in [-0.2, -0.15) is 10.1 Å². The molecule has 0 aliphatic carbocycles. The van der Waals surface area contributed by atoms with Gasteiger partial charge in [-0.3, -0.25) is 14.4 Å². The van der Waals surface area contributed by atoms with E-state index in [0.29, 0.717) is 21.7 Å². The number of nitrogens with one attached hydrogen (secondary N) is 1. The summed E-state index contributed by atoms with van der Waals surface area (Å²) in [7, 11) is 0. The lowest BCUT2D eigenvalue weighted by Gasteiger charge is -2.01. The van der Waals surface area contributed by atoms with E-state index in [1.54, 1.807) is 32.1 Å². The molecule has 0 bridgehead atoms. The highest BCUT2D eigenvalue weighted by Crippen LogP contribution is 2.31. The van der Waals surface area contributed by atoms with E-state index < -0.39 is 5.91 Å². The van der Waals surface area contributed by atoms with Gasteiger partial charge >= 0.3 is 0 Å². The number of aliphatic imine (C=N–C) groups is 1. The first-order valence-electron chi connectivity index (χ1n) is 8.62. The van der Waals surface area contributed by atoms with Crippen molar-refractivity contribution in [1.29, 1.82) is 0 Å². The summed E-state index contributed by atoms with van der Waals surface area (Å²) in [6.45, 7) is 3.41. The van der Waals surface area contributed by atoms with Crippen molar-refractivity contribution in [2.75, 3.05) is 0 Å². The lowest BCUT2D eigenvalue weighted by molar-refractivity contribution is -0.119. The number of amides is 2. The Morgan fingerprint density at radius 2 is 1.93 bits per heavy atom. The van der Waals surface area contributed by atoms with Crippen LogP contribution in [0, 0.1) is 5.82 Å². The van der Waals surface area contributed by atoms with Crippen LogP contribution in [0.5, 0.6) is 0 Å². The van der Waals surface area contributed by atoms with E-state index in [4.69, 9.17) is 0 Å². The van der Waals surface area contributed by atoms with Gasteiger partial charge in [0.15, 0.2) is 5.17 Å². The molecule has 0 unspecified atom stereocenters. The Kier molecular flexibility index (Phi) is 5.84. The summed E-state index contributed by atoms with van der Waals surface area (Å²) >= 11 is 1.03. The Hall–Kier alpha value is -3.07. The molecule has 1 aromatic heterocycles. The number of carbonyl (C=O) groups excluding carboxylic acids is 3. The number of benzene rings is 1. The number of rotatable bonds is 4. The molecule has 1 aliphatic heterocycles. The van der Waals surface area contributed by atoms with E-state index in [-0.39, 0.29) is 35.6 Å². The van der Waals surface area contributed by atoms with Gasteiger partial charge in [0, 0.05) is 30.2 Å². The third-order valence-electron chi connectivity index (χ3n) is 3.89. The van der Waals surface area contributed by atoms with Crippen LogP contribution < -0.4 is 5.32 Å². The molecule has 1 aliphatic rings. The maximum absolute atomic E-state index is 13.3. The normalized spacial score (nSPS) is 15.0. The van der Waals surface area contributed by atoms with Crippen LogP contribution >= 0.6 is 11.8 Å². The Balaban J connectivity index is 1.97. The number of hydrogen-bond donors (Lipinski definition) is 1. The lowest BCUT2D eigenvalue weighted by atomic mass is 10.1.